The number of rotatable bonds is 3. The van der Waals surface area contributed by atoms with Crippen LogP contribution in [0.3, 0.4) is 0 Å². The molecule has 0 spiro atoms. The topological polar surface area (TPSA) is 43.4 Å². The van der Waals surface area contributed by atoms with Crippen LogP contribution in [0.25, 0.3) is 11.1 Å². The number of ether oxygens (including phenoxy) is 1. The molecule has 0 bridgehead atoms. The summed E-state index contributed by atoms with van der Waals surface area (Å²) in [6.45, 7) is 5.49. The van der Waals surface area contributed by atoms with Crippen molar-refractivity contribution in [3.63, 3.8) is 0 Å². The lowest BCUT2D eigenvalue weighted by Gasteiger charge is -2.19. The zero-order valence-electron chi connectivity index (χ0n) is 12.7. The van der Waals surface area contributed by atoms with Gasteiger partial charge in [0.15, 0.2) is 0 Å². The van der Waals surface area contributed by atoms with Crippen LogP contribution in [-0.4, -0.2) is 17.9 Å². The summed E-state index contributed by atoms with van der Waals surface area (Å²) in [4.78, 5) is 23.1. The van der Waals surface area contributed by atoms with Crippen molar-refractivity contribution in [2.24, 2.45) is 0 Å². The minimum absolute atomic E-state index is 0.374. The van der Waals surface area contributed by atoms with E-state index >= 15 is 0 Å². The van der Waals surface area contributed by atoms with E-state index in [0.29, 0.717) is 11.1 Å². The number of hydrogen-bond acceptors (Lipinski definition) is 3. The van der Waals surface area contributed by atoms with Crippen LogP contribution in [0.15, 0.2) is 46.9 Å². The third kappa shape index (κ3) is 4.28. The highest BCUT2D eigenvalue weighted by Gasteiger charge is 2.18. The normalized spacial score (nSPS) is 11.1. The Bertz CT molecular complexity index is 715. The standard InChI is InChI=1S/C18H17BrO3/c1-18(2,3)22-17(21)15-8-14(9-16(19)10-15)13-6-4-5-12(7-13)11-20/h4-11H,1-3H3. The van der Waals surface area contributed by atoms with Gasteiger partial charge in [-0.2, -0.15) is 0 Å². The molecule has 0 radical (unpaired) electrons. The summed E-state index contributed by atoms with van der Waals surface area (Å²) in [5, 5.41) is 0. The van der Waals surface area contributed by atoms with Crippen LogP contribution in [0.5, 0.6) is 0 Å². The molecule has 22 heavy (non-hydrogen) atoms. The fraction of sp³-hybridized carbons (Fsp3) is 0.222. The van der Waals surface area contributed by atoms with Gasteiger partial charge in [-0.3, -0.25) is 4.79 Å². The van der Waals surface area contributed by atoms with Crippen molar-refractivity contribution in [3.05, 3.63) is 58.1 Å². The molecule has 0 aliphatic carbocycles. The average molecular weight is 361 g/mol. The molecule has 0 unspecified atom stereocenters. The van der Waals surface area contributed by atoms with Crippen LogP contribution in [0.4, 0.5) is 0 Å². The molecule has 0 amide bonds. The quantitative estimate of drug-likeness (QED) is 0.578. The monoisotopic (exact) mass is 360 g/mol. The summed E-state index contributed by atoms with van der Waals surface area (Å²) >= 11 is 3.42. The van der Waals surface area contributed by atoms with Crippen molar-refractivity contribution in [1.82, 2.24) is 0 Å². The molecule has 2 aromatic carbocycles. The molecule has 2 rings (SSSR count). The minimum atomic E-state index is -0.545. The van der Waals surface area contributed by atoms with Crippen LogP contribution in [0, 0.1) is 0 Å². The third-order valence-corrected chi connectivity index (χ3v) is 3.35. The molecule has 0 aliphatic heterocycles. The van der Waals surface area contributed by atoms with Gasteiger partial charge in [0.2, 0.25) is 0 Å². The predicted octanol–water partition coefficient (Wildman–Crippen LogP) is 4.88. The Balaban J connectivity index is 2.42. The van der Waals surface area contributed by atoms with Gasteiger partial charge in [0, 0.05) is 10.0 Å². The maximum Gasteiger partial charge on any atom is 0.338 e. The third-order valence-electron chi connectivity index (χ3n) is 2.89. The SMILES string of the molecule is CC(C)(C)OC(=O)c1cc(Br)cc(-c2cccc(C=O)c2)c1. The minimum Gasteiger partial charge on any atom is -0.456 e. The van der Waals surface area contributed by atoms with Crippen molar-refractivity contribution in [1.29, 1.82) is 0 Å². The molecule has 0 saturated carbocycles. The molecule has 4 heteroatoms. The van der Waals surface area contributed by atoms with Gasteiger partial charge in [0.1, 0.15) is 11.9 Å². The first-order valence-electron chi connectivity index (χ1n) is 6.88. The van der Waals surface area contributed by atoms with Crippen LogP contribution in [0.1, 0.15) is 41.5 Å². The van der Waals surface area contributed by atoms with Crippen molar-refractivity contribution in [2.45, 2.75) is 26.4 Å². The van der Waals surface area contributed by atoms with Gasteiger partial charge >= 0.3 is 5.97 Å². The Morgan fingerprint density at radius 1 is 1.09 bits per heavy atom. The molecular formula is C18H17BrO3. The van der Waals surface area contributed by atoms with E-state index in [1.807, 2.05) is 39.0 Å². The Labute approximate surface area is 138 Å². The van der Waals surface area contributed by atoms with E-state index in [-0.39, 0.29) is 5.97 Å². The van der Waals surface area contributed by atoms with Crippen molar-refractivity contribution in [2.75, 3.05) is 0 Å². The molecule has 0 aliphatic rings. The van der Waals surface area contributed by atoms with Gasteiger partial charge in [-0.05, 0) is 56.2 Å². The van der Waals surface area contributed by atoms with Crippen LogP contribution >= 0.6 is 15.9 Å². The molecule has 0 saturated heterocycles. The lowest BCUT2D eigenvalue weighted by atomic mass is 10.0. The lowest BCUT2D eigenvalue weighted by Crippen LogP contribution is -2.23. The van der Waals surface area contributed by atoms with Gasteiger partial charge in [0.25, 0.3) is 0 Å². The van der Waals surface area contributed by atoms with E-state index in [1.54, 1.807) is 24.3 Å². The summed E-state index contributed by atoms with van der Waals surface area (Å²) in [5.74, 6) is -0.374. The molecular weight excluding hydrogens is 344 g/mol. The number of carbonyl (C=O) groups is 2. The van der Waals surface area contributed by atoms with E-state index in [4.69, 9.17) is 4.74 Å². The number of hydrogen-bond donors (Lipinski definition) is 0. The van der Waals surface area contributed by atoms with Crippen molar-refractivity contribution in [3.8, 4) is 11.1 Å². The Morgan fingerprint density at radius 3 is 2.45 bits per heavy atom. The summed E-state index contributed by atoms with van der Waals surface area (Å²) in [5.41, 5.74) is 2.23. The van der Waals surface area contributed by atoms with Crippen LogP contribution in [-0.2, 0) is 4.74 Å². The summed E-state index contributed by atoms with van der Waals surface area (Å²) in [7, 11) is 0. The molecule has 3 nitrogen and oxygen atoms in total. The van der Waals surface area contributed by atoms with Crippen LogP contribution < -0.4 is 0 Å². The number of carbonyl (C=O) groups excluding carboxylic acids is 2. The molecule has 114 valence electrons. The fourth-order valence-corrected chi connectivity index (χ4v) is 2.50. The average Bonchev–Trinajstić information content (AvgIpc) is 2.45. The summed E-state index contributed by atoms with van der Waals surface area (Å²) in [6.07, 6.45) is 0.802. The summed E-state index contributed by atoms with van der Waals surface area (Å²) in [6, 6.07) is 12.6. The highest BCUT2D eigenvalue weighted by Crippen LogP contribution is 2.26. The number of halogens is 1. The first kappa shape index (κ1) is 16.4. The predicted molar refractivity (Wildman–Crippen MR) is 90.1 cm³/mol. The van der Waals surface area contributed by atoms with Crippen LogP contribution in [0.2, 0.25) is 0 Å². The second-order valence-electron chi connectivity index (χ2n) is 5.97. The van der Waals surface area contributed by atoms with Crippen molar-refractivity contribution >= 4 is 28.2 Å². The zero-order chi connectivity index (χ0) is 16.3. The van der Waals surface area contributed by atoms with Gasteiger partial charge in [0.05, 0.1) is 5.56 Å². The number of benzene rings is 2. The molecule has 0 N–H and O–H groups in total. The van der Waals surface area contributed by atoms with E-state index in [2.05, 4.69) is 15.9 Å². The maximum atomic E-state index is 12.2. The molecule has 0 heterocycles. The smallest absolute Gasteiger partial charge is 0.338 e. The maximum absolute atomic E-state index is 12.2. The van der Waals surface area contributed by atoms with E-state index < -0.39 is 5.60 Å². The molecule has 0 fully saturated rings. The number of esters is 1. The zero-order valence-corrected chi connectivity index (χ0v) is 14.3. The van der Waals surface area contributed by atoms with Gasteiger partial charge in [-0.25, -0.2) is 4.79 Å². The first-order chi connectivity index (χ1) is 10.3. The highest BCUT2D eigenvalue weighted by molar-refractivity contribution is 9.10. The number of aldehydes is 1. The Hall–Kier alpha value is -1.94. The van der Waals surface area contributed by atoms with Gasteiger partial charge < -0.3 is 4.74 Å². The second-order valence-corrected chi connectivity index (χ2v) is 6.89. The first-order valence-corrected chi connectivity index (χ1v) is 7.67. The van der Waals surface area contributed by atoms with E-state index in [0.717, 1.165) is 21.9 Å². The Kier molecular flexibility index (Phi) is 4.81. The Morgan fingerprint density at radius 2 is 1.82 bits per heavy atom. The van der Waals surface area contributed by atoms with Gasteiger partial charge in [-0.15, -0.1) is 0 Å². The molecule has 2 aromatic rings. The fourth-order valence-electron chi connectivity index (χ4n) is 2.00. The van der Waals surface area contributed by atoms with E-state index in [1.165, 1.54) is 0 Å². The molecule has 0 atom stereocenters. The van der Waals surface area contributed by atoms with E-state index in [9.17, 15) is 9.59 Å². The van der Waals surface area contributed by atoms with Gasteiger partial charge in [-0.1, -0.05) is 34.1 Å². The summed E-state index contributed by atoms with van der Waals surface area (Å²) < 4.78 is 6.18. The molecule has 0 aromatic heterocycles. The second kappa shape index (κ2) is 6.44. The largest absolute Gasteiger partial charge is 0.456 e. The van der Waals surface area contributed by atoms with Crippen molar-refractivity contribution < 1.29 is 14.3 Å². The lowest BCUT2D eigenvalue weighted by molar-refractivity contribution is 0.00694. The highest BCUT2D eigenvalue weighted by atomic mass is 79.9.